The van der Waals surface area contributed by atoms with E-state index in [0.717, 1.165) is 38.0 Å². The van der Waals surface area contributed by atoms with Crippen LogP contribution in [0.5, 0.6) is 0 Å². The van der Waals surface area contributed by atoms with Crippen LogP contribution < -0.4 is 0 Å². The van der Waals surface area contributed by atoms with Crippen LogP contribution in [0.4, 0.5) is 0 Å². The maximum atomic E-state index is 11.9. The van der Waals surface area contributed by atoms with Crippen LogP contribution in [0.25, 0.3) is 0 Å². The van der Waals surface area contributed by atoms with Crippen LogP contribution >= 0.6 is 0 Å². The molecule has 0 bridgehead atoms. The van der Waals surface area contributed by atoms with Gasteiger partial charge in [0, 0.05) is 6.61 Å². The van der Waals surface area contributed by atoms with Gasteiger partial charge in [-0.1, -0.05) is 19.1 Å². The van der Waals surface area contributed by atoms with Crippen molar-refractivity contribution >= 4 is 5.97 Å². The van der Waals surface area contributed by atoms with Crippen molar-refractivity contribution in [2.24, 2.45) is 0 Å². The zero-order valence-electron chi connectivity index (χ0n) is 13.0. The molecular formula is C15H23N3O3. The molecule has 2 heterocycles. The molecule has 21 heavy (non-hydrogen) atoms. The SMILES string of the molecule is COC(=O)c1nnn(C2CCOC3(CCC3)C2)c1C(C)C. The lowest BCUT2D eigenvalue weighted by atomic mass is 9.74. The van der Waals surface area contributed by atoms with E-state index in [1.54, 1.807) is 0 Å². The summed E-state index contributed by atoms with van der Waals surface area (Å²) in [6, 6.07) is 0.266. The molecule has 1 aliphatic carbocycles. The van der Waals surface area contributed by atoms with Crippen LogP contribution in [0, 0.1) is 0 Å². The molecule has 1 aromatic heterocycles. The molecule has 0 radical (unpaired) electrons. The van der Waals surface area contributed by atoms with E-state index in [0.29, 0.717) is 5.69 Å². The zero-order valence-corrected chi connectivity index (χ0v) is 13.0. The van der Waals surface area contributed by atoms with Crippen molar-refractivity contribution in [1.82, 2.24) is 15.0 Å². The smallest absolute Gasteiger partial charge is 0.360 e. The molecule has 0 N–H and O–H groups in total. The van der Waals surface area contributed by atoms with E-state index in [4.69, 9.17) is 9.47 Å². The summed E-state index contributed by atoms with van der Waals surface area (Å²) < 4.78 is 12.7. The van der Waals surface area contributed by atoms with Crippen LogP contribution in [-0.4, -0.2) is 40.3 Å². The van der Waals surface area contributed by atoms with E-state index in [1.165, 1.54) is 13.5 Å². The third-order valence-electron chi connectivity index (χ3n) is 4.73. The fourth-order valence-corrected chi connectivity index (χ4v) is 3.48. The number of rotatable bonds is 3. The molecule has 3 rings (SSSR count). The van der Waals surface area contributed by atoms with E-state index in [-0.39, 0.29) is 17.6 Å². The number of hydrogen-bond acceptors (Lipinski definition) is 5. The van der Waals surface area contributed by atoms with Crippen molar-refractivity contribution in [3.8, 4) is 0 Å². The summed E-state index contributed by atoms with van der Waals surface area (Å²) in [7, 11) is 1.38. The van der Waals surface area contributed by atoms with Crippen molar-refractivity contribution < 1.29 is 14.3 Å². The van der Waals surface area contributed by atoms with Gasteiger partial charge >= 0.3 is 5.97 Å². The topological polar surface area (TPSA) is 66.2 Å². The molecule has 0 amide bonds. The monoisotopic (exact) mass is 293 g/mol. The van der Waals surface area contributed by atoms with Gasteiger partial charge < -0.3 is 9.47 Å². The maximum Gasteiger partial charge on any atom is 0.360 e. The maximum absolute atomic E-state index is 11.9. The molecule has 2 fully saturated rings. The first-order valence-electron chi connectivity index (χ1n) is 7.74. The molecule has 1 saturated heterocycles. The number of nitrogens with zero attached hydrogens (tertiary/aromatic N) is 3. The van der Waals surface area contributed by atoms with E-state index in [1.807, 2.05) is 4.68 Å². The third-order valence-corrected chi connectivity index (χ3v) is 4.73. The second kappa shape index (κ2) is 5.40. The van der Waals surface area contributed by atoms with Crippen molar-refractivity contribution in [3.05, 3.63) is 11.4 Å². The minimum atomic E-state index is -0.407. The normalized spacial score (nSPS) is 24.1. The molecular weight excluding hydrogens is 270 g/mol. The minimum Gasteiger partial charge on any atom is -0.464 e. The Morgan fingerprint density at radius 2 is 2.24 bits per heavy atom. The Balaban J connectivity index is 1.90. The van der Waals surface area contributed by atoms with Crippen LogP contribution in [0.15, 0.2) is 0 Å². The Labute approximate surface area is 124 Å². The lowest BCUT2D eigenvalue weighted by molar-refractivity contribution is -0.142. The molecule has 1 aliphatic heterocycles. The van der Waals surface area contributed by atoms with E-state index in [9.17, 15) is 4.79 Å². The molecule has 0 aromatic carbocycles. The van der Waals surface area contributed by atoms with Crippen molar-refractivity contribution in [1.29, 1.82) is 0 Å². The highest BCUT2D eigenvalue weighted by atomic mass is 16.5. The number of esters is 1. The van der Waals surface area contributed by atoms with Gasteiger partial charge in [0.15, 0.2) is 5.69 Å². The molecule has 6 nitrogen and oxygen atoms in total. The first-order chi connectivity index (χ1) is 10.1. The van der Waals surface area contributed by atoms with Crippen molar-refractivity contribution in [3.63, 3.8) is 0 Å². The molecule has 2 aliphatic rings. The van der Waals surface area contributed by atoms with Crippen molar-refractivity contribution in [2.75, 3.05) is 13.7 Å². The molecule has 6 heteroatoms. The number of carbonyl (C=O) groups excluding carboxylic acids is 1. The number of aromatic nitrogens is 3. The van der Waals surface area contributed by atoms with Gasteiger partial charge in [-0.05, 0) is 38.0 Å². The average molecular weight is 293 g/mol. The molecule has 1 atom stereocenters. The highest BCUT2D eigenvalue weighted by Crippen LogP contribution is 2.46. The van der Waals surface area contributed by atoms with Crippen LogP contribution in [0.1, 0.15) is 74.1 Å². The predicted octanol–water partition coefficient (Wildman–Crippen LogP) is 2.46. The molecule has 1 aromatic rings. The number of hydrogen-bond donors (Lipinski definition) is 0. The molecule has 1 saturated carbocycles. The van der Waals surface area contributed by atoms with Crippen LogP contribution in [0.2, 0.25) is 0 Å². The fraction of sp³-hybridized carbons (Fsp3) is 0.800. The number of ether oxygens (including phenoxy) is 2. The van der Waals surface area contributed by atoms with Gasteiger partial charge in [-0.15, -0.1) is 5.10 Å². The van der Waals surface area contributed by atoms with Gasteiger partial charge in [-0.2, -0.15) is 0 Å². The Hall–Kier alpha value is -1.43. The summed E-state index contributed by atoms with van der Waals surface area (Å²) in [6.45, 7) is 4.87. The third kappa shape index (κ3) is 2.46. The fourth-order valence-electron chi connectivity index (χ4n) is 3.48. The minimum absolute atomic E-state index is 0.0501. The van der Waals surface area contributed by atoms with Crippen LogP contribution in [-0.2, 0) is 9.47 Å². The van der Waals surface area contributed by atoms with Gasteiger partial charge in [0.2, 0.25) is 0 Å². The van der Waals surface area contributed by atoms with E-state index in [2.05, 4.69) is 24.2 Å². The quantitative estimate of drug-likeness (QED) is 0.801. The molecule has 1 spiro atoms. The second-order valence-electron chi connectivity index (χ2n) is 6.45. The van der Waals surface area contributed by atoms with E-state index < -0.39 is 5.97 Å². The highest BCUT2D eigenvalue weighted by Gasteiger charge is 2.44. The van der Waals surface area contributed by atoms with Gasteiger partial charge in [0.25, 0.3) is 0 Å². The summed E-state index contributed by atoms with van der Waals surface area (Å²) in [5.74, 6) is -0.232. The zero-order chi connectivity index (χ0) is 15.0. The first-order valence-corrected chi connectivity index (χ1v) is 7.74. The Morgan fingerprint density at radius 1 is 1.48 bits per heavy atom. The highest BCUT2D eigenvalue weighted by molar-refractivity contribution is 5.88. The lowest BCUT2D eigenvalue weighted by Gasteiger charge is -2.47. The summed E-state index contributed by atoms with van der Waals surface area (Å²) in [4.78, 5) is 11.9. The van der Waals surface area contributed by atoms with E-state index >= 15 is 0 Å². The Bertz CT molecular complexity index is 534. The largest absolute Gasteiger partial charge is 0.464 e. The Morgan fingerprint density at radius 3 is 2.81 bits per heavy atom. The summed E-state index contributed by atoms with van der Waals surface area (Å²) in [5, 5.41) is 8.34. The van der Waals surface area contributed by atoms with Crippen molar-refractivity contribution in [2.45, 2.75) is 63.5 Å². The summed E-state index contributed by atoms with van der Waals surface area (Å²) >= 11 is 0. The van der Waals surface area contributed by atoms with Gasteiger partial charge in [-0.25, -0.2) is 9.48 Å². The summed E-state index contributed by atoms with van der Waals surface area (Å²) in [5.41, 5.74) is 1.28. The Kier molecular flexibility index (Phi) is 3.73. The molecule has 116 valence electrons. The standard InChI is InChI=1S/C15H23N3O3/c1-10(2)13-12(14(19)20-3)16-17-18(13)11-5-8-21-15(9-11)6-4-7-15/h10-11H,4-9H2,1-3H3. The van der Waals surface area contributed by atoms with Gasteiger partial charge in [0.05, 0.1) is 24.4 Å². The van der Waals surface area contributed by atoms with Gasteiger partial charge in [-0.3, -0.25) is 0 Å². The van der Waals surface area contributed by atoms with Gasteiger partial charge in [0.1, 0.15) is 0 Å². The number of carbonyl (C=O) groups is 1. The van der Waals surface area contributed by atoms with Crippen LogP contribution in [0.3, 0.4) is 0 Å². The average Bonchev–Trinajstić information content (AvgIpc) is 2.90. The predicted molar refractivity (Wildman–Crippen MR) is 76.3 cm³/mol. The molecule has 1 unspecified atom stereocenters. The lowest BCUT2D eigenvalue weighted by Crippen LogP contribution is -2.46. The second-order valence-corrected chi connectivity index (χ2v) is 6.45. The summed E-state index contributed by atoms with van der Waals surface area (Å²) in [6.07, 6.45) is 5.41. The number of methoxy groups -OCH3 is 1. The first kappa shape index (κ1) is 14.5.